The second kappa shape index (κ2) is 5.06. The Morgan fingerprint density at radius 1 is 1.40 bits per heavy atom. The lowest BCUT2D eigenvalue weighted by Gasteiger charge is -2.10. The normalized spacial score (nSPS) is 13.4. The van der Waals surface area contributed by atoms with Gasteiger partial charge >= 0.3 is 6.18 Å². The van der Waals surface area contributed by atoms with E-state index >= 15 is 0 Å². The minimum Gasteiger partial charge on any atom is -0.383 e. The molecule has 20 heavy (non-hydrogen) atoms. The van der Waals surface area contributed by atoms with Gasteiger partial charge in [0.2, 0.25) is 0 Å². The number of pyridine rings is 1. The highest BCUT2D eigenvalue weighted by Gasteiger charge is 2.32. The smallest absolute Gasteiger partial charge is 0.383 e. The average Bonchev–Trinajstić information content (AvgIpc) is 2.70. The first-order valence-corrected chi connectivity index (χ1v) is 7.05. The van der Waals surface area contributed by atoms with Crippen molar-refractivity contribution in [1.82, 2.24) is 14.8 Å². The summed E-state index contributed by atoms with van der Waals surface area (Å²) in [6, 6.07) is 0.730. The summed E-state index contributed by atoms with van der Waals surface area (Å²) < 4.78 is 49.9. The molecule has 0 saturated carbocycles. The summed E-state index contributed by atoms with van der Waals surface area (Å²) in [5, 5.41) is 3.57. The molecule has 2 heterocycles. The largest absolute Gasteiger partial charge is 0.417 e. The first kappa shape index (κ1) is 14.8. The highest BCUT2D eigenvalue weighted by molar-refractivity contribution is 7.84. The van der Waals surface area contributed by atoms with Crippen LogP contribution in [-0.4, -0.2) is 25.2 Å². The number of rotatable bonds is 2. The summed E-state index contributed by atoms with van der Waals surface area (Å²) in [7, 11) is -1.38. The maximum absolute atomic E-state index is 12.5. The van der Waals surface area contributed by atoms with Crippen LogP contribution < -0.4 is 5.73 Å². The Labute approximate surface area is 119 Å². The number of nitrogen functional groups attached to an aromatic ring is 1. The van der Waals surface area contributed by atoms with Gasteiger partial charge in [0.1, 0.15) is 10.7 Å². The van der Waals surface area contributed by atoms with Crippen molar-refractivity contribution in [3.05, 3.63) is 29.0 Å². The lowest BCUT2D eigenvalue weighted by molar-refractivity contribution is -0.137. The molecule has 0 spiro atoms. The van der Waals surface area contributed by atoms with Gasteiger partial charge in [-0.05, 0) is 6.07 Å². The molecule has 0 amide bonds. The Balaban J connectivity index is 2.52. The van der Waals surface area contributed by atoms with Crippen LogP contribution in [0.15, 0.2) is 23.4 Å². The molecule has 0 fully saturated rings. The predicted octanol–water partition coefficient (Wildman–Crippen LogP) is 2.26. The van der Waals surface area contributed by atoms with Crippen LogP contribution in [0.5, 0.6) is 0 Å². The topological polar surface area (TPSA) is 73.8 Å². The van der Waals surface area contributed by atoms with Crippen molar-refractivity contribution in [3.63, 3.8) is 0 Å². The number of aromatic nitrogens is 3. The van der Waals surface area contributed by atoms with Crippen LogP contribution in [0.2, 0.25) is 5.02 Å². The van der Waals surface area contributed by atoms with E-state index in [1.54, 1.807) is 0 Å². The first-order chi connectivity index (χ1) is 9.21. The lowest BCUT2D eigenvalue weighted by atomic mass is 10.3. The summed E-state index contributed by atoms with van der Waals surface area (Å²) in [6.07, 6.45) is -1.26. The van der Waals surface area contributed by atoms with Crippen molar-refractivity contribution in [2.24, 2.45) is 0 Å². The quantitative estimate of drug-likeness (QED) is 0.919. The van der Waals surface area contributed by atoms with E-state index in [-0.39, 0.29) is 21.6 Å². The van der Waals surface area contributed by atoms with Crippen LogP contribution in [0.4, 0.5) is 19.0 Å². The molecule has 1 unspecified atom stereocenters. The van der Waals surface area contributed by atoms with Crippen molar-refractivity contribution < 1.29 is 17.4 Å². The molecule has 108 valence electrons. The second-order valence-electron chi connectivity index (χ2n) is 3.79. The molecular weight excluding hydrogens is 317 g/mol. The number of alkyl halides is 3. The van der Waals surface area contributed by atoms with Gasteiger partial charge < -0.3 is 5.73 Å². The van der Waals surface area contributed by atoms with Crippen LogP contribution in [0, 0.1) is 0 Å². The third-order valence-electron chi connectivity index (χ3n) is 2.43. The molecule has 0 bridgehead atoms. The molecule has 1 atom stereocenters. The molecule has 0 aromatic carbocycles. The van der Waals surface area contributed by atoms with Gasteiger partial charge in [-0.2, -0.15) is 23.0 Å². The van der Waals surface area contributed by atoms with E-state index < -0.39 is 22.5 Å². The SMILES string of the molecule is CS(=O)c1cnn(-c2ncc(C(F)(F)F)cc2Cl)c1N. The van der Waals surface area contributed by atoms with Crippen LogP contribution in [-0.2, 0) is 17.0 Å². The molecule has 10 heteroatoms. The number of halogens is 4. The Morgan fingerprint density at radius 2 is 2.05 bits per heavy atom. The van der Waals surface area contributed by atoms with Crippen LogP contribution in [0.1, 0.15) is 5.56 Å². The molecule has 2 N–H and O–H groups in total. The summed E-state index contributed by atoms with van der Waals surface area (Å²) in [5.74, 6) is -0.0474. The molecule has 2 rings (SSSR count). The molecule has 5 nitrogen and oxygen atoms in total. The van der Waals surface area contributed by atoms with Gasteiger partial charge in [-0.1, -0.05) is 11.6 Å². The van der Waals surface area contributed by atoms with Gasteiger partial charge in [0.15, 0.2) is 5.82 Å². The van der Waals surface area contributed by atoms with E-state index in [1.807, 2.05) is 0 Å². The Morgan fingerprint density at radius 3 is 2.50 bits per heavy atom. The standard InChI is InChI=1S/C10H8ClF3N4OS/c1-20(19)7-4-17-18(8(7)15)9-6(11)2-5(3-16-9)10(12,13)14/h2-4H,15H2,1H3. The van der Waals surface area contributed by atoms with E-state index in [0.29, 0.717) is 6.20 Å². The lowest BCUT2D eigenvalue weighted by Crippen LogP contribution is -2.10. The van der Waals surface area contributed by atoms with Crippen molar-refractivity contribution >= 4 is 28.2 Å². The van der Waals surface area contributed by atoms with E-state index in [2.05, 4.69) is 10.1 Å². The number of nitrogens with two attached hydrogens (primary N) is 1. The summed E-state index contributed by atoms with van der Waals surface area (Å²) in [4.78, 5) is 3.87. The van der Waals surface area contributed by atoms with Crippen molar-refractivity contribution in [1.29, 1.82) is 0 Å². The minimum atomic E-state index is -4.54. The van der Waals surface area contributed by atoms with E-state index in [4.69, 9.17) is 17.3 Å². The van der Waals surface area contributed by atoms with Gasteiger partial charge in [0, 0.05) is 12.5 Å². The average molecular weight is 325 g/mol. The number of hydrogen-bond donors (Lipinski definition) is 1. The van der Waals surface area contributed by atoms with E-state index in [1.165, 1.54) is 12.5 Å². The molecule has 0 aliphatic rings. The van der Waals surface area contributed by atoms with Crippen molar-refractivity contribution in [2.45, 2.75) is 11.1 Å². The molecule has 0 aliphatic heterocycles. The Kier molecular flexibility index (Phi) is 3.74. The number of nitrogens with zero attached hydrogens (tertiary/aromatic N) is 3. The molecule has 2 aromatic rings. The van der Waals surface area contributed by atoms with Crippen LogP contribution in [0.3, 0.4) is 0 Å². The molecule has 2 aromatic heterocycles. The van der Waals surface area contributed by atoms with Gasteiger partial charge in [0.25, 0.3) is 0 Å². The Hall–Kier alpha value is -1.61. The minimum absolute atomic E-state index is 0.0139. The third-order valence-corrected chi connectivity index (χ3v) is 3.64. The molecular formula is C10H8ClF3N4OS. The second-order valence-corrected chi connectivity index (χ2v) is 5.54. The van der Waals surface area contributed by atoms with Crippen LogP contribution in [0.25, 0.3) is 5.82 Å². The summed E-state index contributed by atoms with van der Waals surface area (Å²) >= 11 is 5.78. The van der Waals surface area contributed by atoms with Gasteiger partial charge in [0.05, 0.1) is 27.6 Å². The highest BCUT2D eigenvalue weighted by Crippen LogP contribution is 2.32. The first-order valence-electron chi connectivity index (χ1n) is 5.12. The van der Waals surface area contributed by atoms with Crippen molar-refractivity contribution in [2.75, 3.05) is 12.0 Å². The zero-order valence-corrected chi connectivity index (χ0v) is 11.6. The summed E-state index contributed by atoms with van der Waals surface area (Å²) in [5.41, 5.74) is 4.74. The molecule has 0 radical (unpaired) electrons. The Bertz CT molecular complexity index is 686. The van der Waals surface area contributed by atoms with E-state index in [0.717, 1.165) is 10.7 Å². The maximum Gasteiger partial charge on any atom is 0.417 e. The predicted molar refractivity (Wildman–Crippen MR) is 68.1 cm³/mol. The fraction of sp³-hybridized carbons (Fsp3) is 0.200. The molecule has 0 saturated heterocycles. The van der Waals surface area contributed by atoms with Gasteiger partial charge in [-0.15, -0.1) is 0 Å². The molecule has 0 aliphatic carbocycles. The van der Waals surface area contributed by atoms with Gasteiger partial charge in [-0.25, -0.2) is 4.98 Å². The maximum atomic E-state index is 12.5. The zero-order valence-electron chi connectivity index (χ0n) is 9.98. The monoisotopic (exact) mass is 324 g/mol. The van der Waals surface area contributed by atoms with Crippen LogP contribution >= 0.6 is 11.6 Å². The fourth-order valence-corrected chi connectivity index (χ4v) is 2.30. The third kappa shape index (κ3) is 2.63. The number of anilines is 1. The highest BCUT2D eigenvalue weighted by atomic mass is 35.5. The summed E-state index contributed by atoms with van der Waals surface area (Å²) in [6.45, 7) is 0. The van der Waals surface area contributed by atoms with Gasteiger partial charge in [-0.3, -0.25) is 4.21 Å². The fourth-order valence-electron chi connectivity index (χ4n) is 1.47. The van der Waals surface area contributed by atoms with Crippen molar-refractivity contribution in [3.8, 4) is 5.82 Å². The zero-order chi connectivity index (χ0) is 15.1. The van der Waals surface area contributed by atoms with E-state index in [9.17, 15) is 17.4 Å². The number of hydrogen-bond acceptors (Lipinski definition) is 4.